The van der Waals surface area contributed by atoms with Gasteiger partial charge in [0.1, 0.15) is 12.0 Å². The fraction of sp³-hybridized carbons (Fsp3) is 0.0833. The molecule has 1 heterocycles. The van der Waals surface area contributed by atoms with Crippen molar-refractivity contribution in [1.82, 2.24) is 9.97 Å². The number of rotatable bonds is 5. The van der Waals surface area contributed by atoms with Crippen molar-refractivity contribution in [3.63, 3.8) is 0 Å². The van der Waals surface area contributed by atoms with Crippen LogP contribution in [0.15, 0.2) is 36.8 Å². The molecule has 0 bridgehead atoms. The fourth-order valence-electron chi connectivity index (χ4n) is 1.58. The summed E-state index contributed by atoms with van der Waals surface area (Å²) in [6.45, 7) is 0.229. The zero-order valence-electron chi connectivity index (χ0n) is 10.2. The molecule has 2 aromatic rings. The van der Waals surface area contributed by atoms with E-state index in [1.807, 2.05) is 0 Å². The Labute approximate surface area is 113 Å². The van der Waals surface area contributed by atoms with Gasteiger partial charge < -0.3 is 10.4 Å². The van der Waals surface area contributed by atoms with Crippen LogP contribution >= 0.6 is 0 Å². The van der Waals surface area contributed by atoms with Crippen LogP contribution in [0.2, 0.25) is 0 Å². The summed E-state index contributed by atoms with van der Waals surface area (Å²) in [5, 5.41) is 22.6. The number of nitrogens with zero attached hydrogens (tertiary/aromatic N) is 3. The monoisotopic (exact) mass is 274 g/mol. The second kappa shape index (κ2) is 5.74. The van der Waals surface area contributed by atoms with Crippen molar-refractivity contribution >= 4 is 17.3 Å². The molecule has 20 heavy (non-hydrogen) atoms. The van der Waals surface area contributed by atoms with E-state index in [1.165, 1.54) is 18.5 Å². The number of carboxylic acid groups (broad SMARTS) is 1. The van der Waals surface area contributed by atoms with Gasteiger partial charge in [0.2, 0.25) is 0 Å². The number of aromatic nitrogens is 2. The van der Waals surface area contributed by atoms with Gasteiger partial charge in [-0.2, -0.15) is 0 Å². The van der Waals surface area contributed by atoms with Gasteiger partial charge in [0.15, 0.2) is 0 Å². The van der Waals surface area contributed by atoms with Gasteiger partial charge >= 0.3 is 5.97 Å². The Bertz CT molecular complexity index is 645. The highest BCUT2D eigenvalue weighted by molar-refractivity contribution is 5.90. The predicted octanol–water partition coefficient (Wildman–Crippen LogP) is 1.70. The summed E-state index contributed by atoms with van der Waals surface area (Å²) in [7, 11) is 0. The van der Waals surface area contributed by atoms with E-state index in [1.54, 1.807) is 12.3 Å². The Hall–Kier alpha value is -3.03. The van der Waals surface area contributed by atoms with Gasteiger partial charge in [-0.05, 0) is 18.2 Å². The van der Waals surface area contributed by atoms with E-state index >= 15 is 0 Å². The van der Waals surface area contributed by atoms with Crippen LogP contribution in [0.1, 0.15) is 16.1 Å². The zero-order valence-corrected chi connectivity index (χ0v) is 10.2. The van der Waals surface area contributed by atoms with Crippen molar-refractivity contribution in [3.8, 4) is 0 Å². The van der Waals surface area contributed by atoms with E-state index in [-0.39, 0.29) is 23.5 Å². The Morgan fingerprint density at radius 3 is 2.80 bits per heavy atom. The first-order chi connectivity index (χ1) is 9.58. The van der Waals surface area contributed by atoms with Crippen molar-refractivity contribution in [2.75, 3.05) is 5.32 Å². The number of carboxylic acids is 1. The molecule has 2 rings (SSSR count). The minimum absolute atomic E-state index is 0.0270. The number of anilines is 1. The Kier molecular flexibility index (Phi) is 3.85. The SMILES string of the molecule is O=C(O)c1ccc([N+](=O)[O-])c(NCc2ccncn2)c1. The highest BCUT2D eigenvalue weighted by atomic mass is 16.6. The summed E-state index contributed by atoms with van der Waals surface area (Å²) in [5.41, 5.74) is 0.549. The summed E-state index contributed by atoms with van der Waals surface area (Å²) < 4.78 is 0. The lowest BCUT2D eigenvalue weighted by Crippen LogP contribution is -2.06. The lowest BCUT2D eigenvalue weighted by molar-refractivity contribution is -0.384. The number of nitro groups is 1. The van der Waals surface area contributed by atoms with Gasteiger partial charge in [0.05, 0.1) is 22.7 Å². The largest absolute Gasteiger partial charge is 0.478 e. The van der Waals surface area contributed by atoms with Gasteiger partial charge in [-0.1, -0.05) is 0 Å². The molecule has 0 spiro atoms. The van der Waals surface area contributed by atoms with Crippen LogP contribution < -0.4 is 5.32 Å². The first kappa shape index (κ1) is 13.4. The van der Waals surface area contributed by atoms with Gasteiger partial charge in [0, 0.05) is 12.3 Å². The van der Waals surface area contributed by atoms with Crippen LogP contribution in [-0.4, -0.2) is 26.0 Å². The van der Waals surface area contributed by atoms with Crippen molar-refractivity contribution in [2.24, 2.45) is 0 Å². The van der Waals surface area contributed by atoms with E-state index in [4.69, 9.17) is 5.11 Å². The zero-order chi connectivity index (χ0) is 14.5. The molecule has 1 aromatic carbocycles. The summed E-state index contributed by atoms with van der Waals surface area (Å²) in [5.74, 6) is -1.15. The van der Waals surface area contributed by atoms with Crippen LogP contribution in [0.4, 0.5) is 11.4 Å². The molecule has 0 saturated heterocycles. The highest BCUT2D eigenvalue weighted by Gasteiger charge is 2.16. The Balaban J connectivity index is 2.26. The molecular weight excluding hydrogens is 264 g/mol. The molecule has 0 aliphatic heterocycles. The van der Waals surface area contributed by atoms with Crippen molar-refractivity contribution in [3.05, 3.63) is 58.2 Å². The smallest absolute Gasteiger partial charge is 0.335 e. The normalized spacial score (nSPS) is 10.0. The molecule has 0 fully saturated rings. The first-order valence-electron chi connectivity index (χ1n) is 5.58. The van der Waals surface area contributed by atoms with Crippen LogP contribution in [0.3, 0.4) is 0 Å². The second-order valence-electron chi connectivity index (χ2n) is 3.85. The molecule has 102 valence electrons. The number of hydrogen-bond acceptors (Lipinski definition) is 6. The Morgan fingerprint density at radius 2 is 2.20 bits per heavy atom. The molecule has 0 unspecified atom stereocenters. The maximum atomic E-state index is 10.9. The minimum atomic E-state index is -1.15. The van der Waals surface area contributed by atoms with E-state index in [0.717, 1.165) is 6.07 Å². The lowest BCUT2D eigenvalue weighted by Gasteiger charge is -2.07. The summed E-state index contributed by atoms with van der Waals surface area (Å²) in [4.78, 5) is 28.9. The number of aromatic carboxylic acids is 1. The van der Waals surface area contributed by atoms with Crippen molar-refractivity contribution < 1.29 is 14.8 Å². The molecule has 0 radical (unpaired) electrons. The van der Waals surface area contributed by atoms with E-state index in [2.05, 4.69) is 15.3 Å². The third-order valence-corrected chi connectivity index (χ3v) is 2.54. The van der Waals surface area contributed by atoms with Crippen LogP contribution in [0.25, 0.3) is 0 Å². The van der Waals surface area contributed by atoms with Crippen molar-refractivity contribution in [1.29, 1.82) is 0 Å². The number of carbonyl (C=O) groups is 1. The van der Waals surface area contributed by atoms with E-state index in [9.17, 15) is 14.9 Å². The summed E-state index contributed by atoms with van der Waals surface area (Å²) in [6.07, 6.45) is 2.91. The maximum Gasteiger partial charge on any atom is 0.335 e. The standard InChI is InChI=1S/C12H10N4O4/c17-12(18)8-1-2-11(16(19)20)10(5-8)14-6-9-3-4-13-7-15-9/h1-5,7,14H,6H2,(H,17,18). The number of hydrogen-bond donors (Lipinski definition) is 2. The third-order valence-electron chi connectivity index (χ3n) is 2.54. The second-order valence-corrected chi connectivity index (χ2v) is 3.85. The predicted molar refractivity (Wildman–Crippen MR) is 69.4 cm³/mol. The molecule has 0 atom stereocenters. The van der Waals surface area contributed by atoms with E-state index < -0.39 is 10.9 Å². The average Bonchev–Trinajstić information content (AvgIpc) is 2.45. The van der Waals surface area contributed by atoms with Crippen LogP contribution in [-0.2, 0) is 6.54 Å². The quantitative estimate of drug-likeness (QED) is 0.629. The van der Waals surface area contributed by atoms with Gasteiger partial charge in [-0.3, -0.25) is 10.1 Å². The van der Waals surface area contributed by atoms with Crippen LogP contribution in [0.5, 0.6) is 0 Å². The lowest BCUT2D eigenvalue weighted by atomic mass is 10.1. The fourth-order valence-corrected chi connectivity index (χ4v) is 1.58. The van der Waals surface area contributed by atoms with Crippen LogP contribution in [0, 0.1) is 10.1 Å². The van der Waals surface area contributed by atoms with Gasteiger partial charge in [0.25, 0.3) is 5.69 Å². The third kappa shape index (κ3) is 3.05. The van der Waals surface area contributed by atoms with Gasteiger partial charge in [-0.25, -0.2) is 14.8 Å². The molecule has 0 saturated carbocycles. The number of nitrogens with one attached hydrogen (secondary N) is 1. The molecular formula is C12H10N4O4. The summed E-state index contributed by atoms with van der Waals surface area (Å²) >= 11 is 0. The molecule has 0 aliphatic carbocycles. The molecule has 2 N–H and O–H groups in total. The maximum absolute atomic E-state index is 10.9. The van der Waals surface area contributed by atoms with Crippen molar-refractivity contribution in [2.45, 2.75) is 6.54 Å². The average molecular weight is 274 g/mol. The summed E-state index contributed by atoms with van der Waals surface area (Å²) in [6, 6.07) is 5.23. The molecule has 0 aliphatic rings. The Morgan fingerprint density at radius 1 is 1.40 bits per heavy atom. The minimum Gasteiger partial charge on any atom is -0.478 e. The van der Waals surface area contributed by atoms with E-state index in [0.29, 0.717) is 5.69 Å². The molecule has 8 heteroatoms. The first-order valence-corrected chi connectivity index (χ1v) is 5.58. The van der Waals surface area contributed by atoms with Gasteiger partial charge in [-0.15, -0.1) is 0 Å². The molecule has 1 aromatic heterocycles. The molecule has 8 nitrogen and oxygen atoms in total. The topological polar surface area (TPSA) is 118 Å². The highest BCUT2D eigenvalue weighted by Crippen LogP contribution is 2.25. The molecule has 0 amide bonds. The number of benzene rings is 1. The number of nitro benzene ring substituents is 1.